The van der Waals surface area contributed by atoms with Gasteiger partial charge in [-0.15, -0.1) is 11.8 Å². The summed E-state index contributed by atoms with van der Waals surface area (Å²) in [4.78, 5) is 32.5. The van der Waals surface area contributed by atoms with E-state index in [9.17, 15) is 14.0 Å². The lowest BCUT2D eigenvalue weighted by atomic mass is 10.3. The number of fused-ring (bicyclic) bond motifs is 1. The zero-order chi connectivity index (χ0) is 19.1. The van der Waals surface area contributed by atoms with Crippen LogP contribution in [0.3, 0.4) is 0 Å². The molecule has 3 aromatic rings. The Bertz CT molecular complexity index is 1010. The van der Waals surface area contributed by atoms with E-state index in [0.717, 1.165) is 22.8 Å². The number of hydrogen-bond donors (Lipinski definition) is 2. The molecule has 27 heavy (non-hydrogen) atoms. The molecule has 6 nitrogen and oxygen atoms in total. The second-order valence-corrected chi connectivity index (χ2v) is 6.39. The van der Waals surface area contributed by atoms with E-state index in [0.29, 0.717) is 10.6 Å². The van der Waals surface area contributed by atoms with Crippen molar-refractivity contribution in [2.45, 2.75) is 4.90 Å². The second kappa shape index (κ2) is 8.91. The predicted molar refractivity (Wildman–Crippen MR) is 102 cm³/mol. The number of rotatable bonds is 5. The summed E-state index contributed by atoms with van der Waals surface area (Å²) in [6.45, 7) is 0. The molecule has 0 spiro atoms. The van der Waals surface area contributed by atoms with E-state index in [4.69, 9.17) is 0 Å². The van der Waals surface area contributed by atoms with Crippen LogP contribution in [0.2, 0.25) is 0 Å². The van der Waals surface area contributed by atoms with Crippen molar-refractivity contribution in [2.24, 2.45) is 0 Å². The first kappa shape index (κ1) is 18.5. The van der Waals surface area contributed by atoms with E-state index in [2.05, 4.69) is 20.8 Å². The van der Waals surface area contributed by atoms with Gasteiger partial charge in [0, 0.05) is 11.0 Å². The van der Waals surface area contributed by atoms with Crippen molar-refractivity contribution in [3.8, 4) is 0 Å². The number of para-hydroxylation sites is 2. The third kappa shape index (κ3) is 5.35. The summed E-state index contributed by atoms with van der Waals surface area (Å²) in [6, 6.07) is 13.6. The van der Waals surface area contributed by atoms with Gasteiger partial charge in [0.05, 0.1) is 28.7 Å². The number of nitrogens with one attached hydrogen (secondary N) is 2. The highest BCUT2D eigenvalue weighted by Gasteiger charge is 2.07. The number of thioether (sulfide) groups is 1. The summed E-state index contributed by atoms with van der Waals surface area (Å²) in [7, 11) is 0. The van der Waals surface area contributed by atoms with Crippen LogP contribution >= 0.6 is 11.8 Å². The summed E-state index contributed by atoms with van der Waals surface area (Å²) in [5, 5.41) is 0. The van der Waals surface area contributed by atoms with Gasteiger partial charge in [-0.25, -0.2) is 9.37 Å². The molecule has 0 aliphatic rings. The van der Waals surface area contributed by atoms with Crippen LogP contribution in [-0.4, -0.2) is 27.5 Å². The molecule has 0 saturated heterocycles. The average molecular weight is 382 g/mol. The van der Waals surface area contributed by atoms with Gasteiger partial charge in [-0.2, -0.15) is 0 Å². The molecule has 0 saturated carbocycles. The highest BCUT2D eigenvalue weighted by atomic mass is 32.2. The molecule has 1 aromatic heterocycles. The Labute approximate surface area is 158 Å². The Hall–Kier alpha value is -3.26. The van der Waals surface area contributed by atoms with Gasteiger partial charge in [-0.3, -0.25) is 25.4 Å². The number of aromatic nitrogens is 2. The Balaban J connectivity index is 1.47. The first-order chi connectivity index (χ1) is 13.1. The quantitative estimate of drug-likeness (QED) is 0.403. The average Bonchev–Trinajstić information content (AvgIpc) is 2.70. The number of hydrogen-bond acceptors (Lipinski definition) is 5. The Kier molecular flexibility index (Phi) is 6.11. The molecule has 0 aliphatic heterocycles. The summed E-state index contributed by atoms with van der Waals surface area (Å²) in [5.41, 5.74) is 6.53. The van der Waals surface area contributed by atoms with Gasteiger partial charge in [0.15, 0.2) is 0 Å². The molecule has 0 bridgehead atoms. The van der Waals surface area contributed by atoms with Crippen molar-refractivity contribution in [3.63, 3.8) is 0 Å². The molecule has 1 heterocycles. The number of halogens is 1. The van der Waals surface area contributed by atoms with Crippen molar-refractivity contribution in [2.75, 3.05) is 5.75 Å². The molecule has 0 atom stereocenters. The molecule has 2 aromatic carbocycles. The number of amides is 2. The smallest absolute Gasteiger partial charge is 0.262 e. The van der Waals surface area contributed by atoms with Gasteiger partial charge in [0.25, 0.3) is 5.91 Å². The minimum atomic E-state index is -0.519. The van der Waals surface area contributed by atoms with Crippen LogP contribution in [0.15, 0.2) is 65.7 Å². The van der Waals surface area contributed by atoms with Crippen molar-refractivity contribution in [1.82, 2.24) is 20.8 Å². The second-order valence-electron chi connectivity index (χ2n) is 5.37. The SMILES string of the molecule is O=C(/C=C/c1cnc2ccccc2n1)NNC(=O)CSc1ccccc1F. The minimum absolute atomic E-state index is 0.0267. The van der Waals surface area contributed by atoms with Gasteiger partial charge in [0.1, 0.15) is 5.82 Å². The van der Waals surface area contributed by atoms with Crippen LogP contribution in [0, 0.1) is 5.82 Å². The summed E-state index contributed by atoms with van der Waals surface area (Å²) < 4.78 is 13.5. The zero-order valence-electron chi connectivity index (χ0n) is 14.1. The van der Waals surface area contributed by atoms with Crippen LogP contribution < -0.4 is 10.9 Å². The van der Waals surface area contributed by atoms with Gasteiger partial charge in [-0.1, -0.05) is 24.3 Å². The van der Waals surface area contributed by atoms with Gasteiger partial charge >= 0.3 is 0 Å². The standard InChI is InChI=1S/C19H15FN4O2S/c20-14-5-1-4-8-17(14)27-12-19(26)24-23-18(25)10-9-13-11-21-15-6-2-3-7-16(15)22-13/h1-11H,12H2,(H,23,25)(H,24,26)/b10-9+. The molecule has 3 rings (SSSR count). The van der Waals surface area contributed by atoms with E-state index in [1.807, 2.05) is 24.3 Å². The number of carbonyl (C=O) groups excluding carboxylic acids is 2. The highest BCUT2D eigenvalue weighted by molar-refractivity contribution is 8.00. The predicted octanol–water partition coefficient (Wildman–Crippen LogP) is 2.72. The van der Waals surface area contributed by atoms with Gasteiger partial charge in [-0.05, 0) is 30.3 Å². The summed E-state index contributed by atoms with van der Waals surface area (Å²) in [6.07, 6.45) is 4.29. The molecule has 136 valence electrons. The Morgan fingerprint density at radius 3 is 2.59 bits per heavy atom. The molecule has 0 radical (unpaired) electrons. The first-order valence-electron chi connectivity index (χ1n) is 7.98. The highest BCUT2D eigenvalue weighted by Crippen LogP contribution is 2.20. The third-order valence-corrected chi connectivity index (χ3v) is 4.44. The van der Waals surface area contributed by atoms with E-state index in [1.54, 1.807) is 24.4 Å². The van der Waals surface area contributed by atoms with E-state index in [-0.39, 0.29) is 5.75 Å². The van der Waals surface area contributed by atoms with Crippen molar-refractivity contribution < 1.29 is 14.0 Å². The van der Waals surface area contributed by atoms with E-state index in [1.165, 1.54) is 18.2 Å². The zero-order valence-corrected chi connectivity index (χ0v) is 14.9. The molecule has 8 heteroatoms. The largest absolute Gasteiger partial charge is 0.272 e. The topological polar surface area (TPSA) is 84.0 Å². The molecule has 0 aliphatic carbocycles. The molecule has 2 N–H and O–H groups in total. The fourth-order valence-corrected chi connectivity index (χ4v) is 2.87. The number of hydrazine groups is 1. The number of carbonyl (C=O) groups is 2. The first-order valence-corrected chi connectivity index (χ1v) is 8.96. The molecule has 0 unspecified atom stereocenters. The number of benzene rings is 2. The number of nitrogens with zero attached hydrogens (tertiary/aromatic N) is 2. The fraction of sp³-hybridized carbons (Fsp3) is 0.0526. The summed E-state index contributed by atoms with van der Waals surface area (Å²) >= 11 is 1.04. The molecular formula is C19H15FN4O2S. The van der Waals surface area contributed by atoms with Crippen LogP contribution in [0.1, 0.15) is 5.69 Å². The van der Waals surface area contributed by atoms with Crippen LogP contribution in [0.5, 0.6) is 0 Å². The van der Waals surface area contributed by atoms with Crippen LogP contribution in [0.4, 0.5) is 4.39 Å². The Morgan fingerprint density at radius 2 is 1.78 bits per heavy atom. The van der Waals surface area contributed by atoms with Gasteiger partial charge in [0.2, 0.25) is 5.91 Å². The van der Waals surface area contributed by atoms with Crippen LogP contribution in [0.25, 0.3) is 17.1 Å². The fourth-order valence-electron chi connectivity index (χ4n) is 2.13. The lowest BCUT2D eigenvalue weighted by Crippen LogP contribution is -2.41. The molecular weight excluding hydrogens is 367 g/mol. The van der Waals surface area contributed by atoms with E-state index < -0.39 is 17.6 Å². The molecule has 0 fully saturated rings. The summed E-state index contributed by atoms with van der Waals surface area (Å²) in [5.74, 6) is -1.38. The monoisotopic (exact) mass is 382 g/mol. The maximum absolute atomic E-state index is 13.5. The minimum Gasteiger partial charge on any atom is -0.272 e. The lowest BCUT2D eigenvalue weighted by molar-refractivity contribution is -0.125. The van der Waals surface area contributed by atoms with Crippen LogP contribution in [-0.2, 0) is 9.59 Å². The van der Waals surface area contributed by atoms with Gasteiger partial charge < -0.3 is 0 Å². The Morgan fingerprint density at radius 1 is 1.04 bits per heavy atom. The third-order valence-electron chi connectivity index (χ3n) is 3.39. The normalized spacial score (nSPS) is 10.9. The maximum atomic E-state index is 13.5. The maximum Gasteiger partial charge on any atom is 0.262 e. The van der Waals surface area contributed by atoms with Crippen molar-refractivity contribution in [1.29, 1.82) is 0 Å². The van der Waals surface area contributed by atoms with E-state index >= 15 is 0 Å². The molecule has 2 amide bonds. The lowest BCUT2D eigenvalue weighted by Gasteiger charge is -2.05. The van der Waals surface area contributed by atoms with Crippen molar-refractivity contribution in [3.05, 3.63) is 72.3 Å². The van der Waals surface area contributed by atoms with Crippen molar-refractivity contribution >= 4 is 40.7 Å².